The second-order valence-electron chi connectivity index (χ2n) is 4.66. The molecule has 2 aromatic carbocycles. The van der Waals surface area contributed by atoms with Crippen molar-refractivity contribution in [3.63, 3.8) is 0 Å². The van der Waals surface area contributed by atoms with Gasteiger partial charge in [-0.1, -0.05) is 69.6 Å². The van der Waals surface area contributed by atoms with E-state index in [1.54, 1.807) is 0 Å². The lowest BCUT2D eigenvalue weighted by molar-refractivity contribution is 0.132. The van der Waals surface area contributed by atoms with E-state index in [1.165, 1.54) is 0 Å². The van der Waals surface area contributed by atoms with E-state index >= 15 is 0 Å². The molecule has 0 aromatic heterocycles. The smallest absolute Gasteiger partial charge is 0.236 e. The SMILES string of the molecule is O=S(=O)(OCOS(=O)(=O)c1cc(Cl)c(Cl)cc1Cl)c1cc(Cl)c(Cl)cc1Cl. The molecule has 0 aliphatic rings. The zero-order valence-corrected chi connectivity index (χ0v) is 18.7. The normalized spacial score (nSPS) is 12.4. The highest BCUT2D eigenvalue weighted by Gasteiger charge is 2.25. The van der Waals surface area contributed by atoms with Gasteiger partial charge >= 0.3 is 20.2 Å². The summed E-state index contributed by atoms with van der Waals surface area (Å²) < 4.78 is 57.7. The predicted octanol–water partition coefficient (Wildman–Crippen LogP) is 5.68. The number of hydrogen-bond donors (Lipinski definition) is 0. The largest absolute Gasteiger partial charge is 0.300 e. The first-order chi connectivity index (χ1) is 12.3. The highest BCUT2D eigenvalue weighted by molar-refractivity contribution is 7.87. The van der Waals surface area contributed by atoms with E-state index in [-0.39, 0.29) is 30.1 Å². The van der Waals surface area contributed by atoms with E-state index in [9.17, 15) is 16.8 Å². The monoisotopic (exact) mass is 532 g/mol. The Morgan fingerprint density at radius 2 is 0.852 bits per heavy atom. The molecular formula is C13H6Cl6O6S2. The average molecular weight is 535 g/mol. The summed E-state index contributed by atoms with van der Waals surface area (Å²) in [6.45, 7) is -1.20. The van der Waals surface area contributed by atoms with Crippen LogP contribution in [0.2, 0.25) is 30.1 Å². The zero-order chi connectivity index (χ0) is 20.6. The zero-order valence-electron chi connectivity index (χ0n) is 12.6. The number of benzene rings is 2. The molecule has 2 rings (SSSR count). The third kappa shape index (κ3) is 5.54. The van der Waals surface area contributed by atoms with Crippen molar-refractivity contribution < 1.29 is 25.2 Å². The third-order valence-electron chi connectivity index (χ3n) is 2.89. The van der Waals surface area contributed by atoms with Crippen LogP contribution < -0.4 is 0 Å². The molecule has 0 atom stereocenters. The van der Waals surface area contributed by atoms with Crippen molar-refractivity contribution in [2.75, 3.05) is 6.79 Å². The van der Waals surface area contributed by atoms with E-state index < -0.39 is 36.8 Å². The minimum absolute atomic E-state index is 0.0219. The van der Waals surface area contributed by atoms with E-state index in [4.69, 9.17) is 69.6 Å². The summed E-state index contributed by atoms with van der Waals surface area (Å²) in [4.78, 5) is -1.04. The fraction of sp³-hybridized carbons (Fsp3) is 0.0769. The Kier molecular flexibility index (Phi) is 7.58. The van der Waals surface area contributed by atoms with Crippen LogP contribution in [0.25, 0.3) is 0 Å². The summed E-state index contributed by atoms with van der Waals surface area (Å²) in [7, 11) is -9.01. The molecule has 6 nitrogen and oxygen atoms in total. The number of halogens is 6. The highest BCUT2D eigenvalue weighted by Crippen LogP contribution is 2.34. The van der Waals surface area contributed by atoms with Crippen LogP contribution in [0.3, 0.4) is 0 Å². The molecule has 0 fully saturated rings. The molecule has 14 heteroatoms. The first kappa shape index (κ1) is 23.3. The Labute approximate surface area is 185 Å². The van der Waals surface area contributed by atoms with Crippen LogP contribution in [0.4, 0.5) is 0 Å². The topological polar surface area (TPSA) is 86.7 Å². The summed E-state index contributed by atoms with van der Waals surface area (Å²) in [6, 6.07) is 4.08. The van der Waals surface area contributed by atoms with Gasteiger partial charge in [0.25, 0.3) is 0 Å². The average Bonchev–Trinajstić information content (AvgIpc) is 2.53. The van der Waals surface area contributed by atoms with Crippen molar-refractivity contribution >= 4 is 89.8 Å². The molecule has 0 N–H and O–H groups in total. The van der Waals surface area contributed by atoms with Gasteiger partial charge in [0.15, 0.2) is 6.79 Å². The van der Waals surface area contributed by atoms with Gasteiger partial charge in [0.1, 0.15) is 9.79 Å². The van der Waals surface area contributed by atoms with E-state index in [0.717, 1.165) is 24.3 Å². The first-order valence-corrected chi connectivity index (χ1v) is 11.5. The Hall–Kier alpha value is -0.000000000000000222. The maximum atomic E-state index is 12.2. The molecular weight excluding hydrogens is 529 g/mol. The standard InChI is InChI=1S/C13H6Cl6O6S2/c14-6-1-10(18)12(3-8(6)16)26(20,21)24-5-25-27(22,23)13-4-9(17)7(15)2-11(13)19/h1-4H,5H2. The van der Waals surface area contributed by atoms with Gasteiger partial charge in [0.05, 0.1) is 30.1 Å². The second-order valence-corrected chi connectivity index (χ2v) is 10.3. The lowest BCUT2D eigenvalue weighted by atomic mass is 10.4. The van der Waals surface area contributed by atoms with Gasteiger partial charge < -0.3 is 0 Å². The van der Waals surface area contributed by atoms with Gasteiger partial charge in [0, 0.05) is 0 Å². The fourth-order valence-electron chi connectivity index (χ4n) is 1.67. The predicted molar refractivity (Wildman–Crippen MR) is 104 cm³/mol. The quantitative estimate of drug-likeness (QED) is 0.269. The van der Waals surface area contributed by atoms with Gasteiger partial charge in [-0.05, 0) is 24.3 Å². The minimum Gasteiger partial charge on any atom is -0.236 e. The van der Waals surface area contributed by atoms with Crippen molar-refractivity contribution in [2.45, 2.75) is 9.79 Å². The third-order valence-corrected chi connectivity index (χ3v) is 7.75. The van der Waals surface area contributed by atoms with Crippen molar-refractivity contribution in [1.29, 1.82) is 0 Å². The summed E-state index contributed by atoms with van der Waals surface area (Å²) in [5.41, 5.74) is 0. The van der Waals surface area contributed by atoms with Crippen molar-refractivity contribution in [1.82, 2.24) is 0 Å². The first-order valence-electron chi connectivity index (χ1n) is 6.43. The summed E-state index contributed by atoms with van der Waals surface area (Å²) >= 11 is 34.5. The van der Waals surface area contributed by atoms with Crippen LogP contribution in [0, 0.1) is 0 Å². The molecule has 0 bridgehead atoms. The Bertz CT molecular complexity index is 1010. The fourth-order valence-corrected chi connectivity index (χ4v) is 5.24. The lowest BCUT2D eigenvalue weighted by Gasteiger charge is -2.10. The summed E-state index contributed by atoms with van der Waals surface area (Å²) in [6.07, 6.45) is 0. The summed E-state index contributed by atoms with van der Waals surface area (Å²) in [5.74, 6) is 0. The maximum Gasteiger partial charge on any atom is 0.300 e. The molecule has 2 aromatic rings. The molecule has 27 heavy (non-hydrogen) atoms. The molecule has 0 amide bonds. The van der Waals surface area contributed by atoms with Gasteiger partial charge in [-0.25, -0.2) is 8.37 Å². The van der Waals surface area contributed by atoms with Crippen LogP contribution in [0.15, 0.2) is 34.1 Å². The van der Waals surface area contributed by atoms with Gasteiger partial charge in [-0.3, -0.25) is 0 Å². The minimum atomic E-state index is -4.50. The number of hydrogen-bond acceptors (Lipinski definition) is 6. The Morgan fingerprint density at radius 3 is 1.19 bits per heavy atom. The van der Waals surface area contributed by atoms with Crippen molar-refractivity contribution in [2.24, 2.45) is 0 Å². The Balaban J connectivity index is 2.20. The molecule has 0 heterocycles. The number of rotatable bonds is 6. The second kappa shape index (κ2) is 8.79. The molecule has 148 valence electrons. The van der Waals surface area contributed by atoms with Crippen LogP contribution in [-0.4, -0.2) is 23.6 Å². The van der Waals surface area contributed by atoms with E-state index in [1.807, 2.05) is 0 Å². The van der Waals surface area contributed by atoms with Crippen LogP contribution in [0.5, 0.6) is 0 Å². The molecule has 0 spiro atoms. The van der Waals surface area contributed by atoms with Gasteiger partial charge in [-0.15, -0.1) is 0 Å². The molecule has 0 aliphatic heterocycles. The molecule has 0 saturated carbocycles. The lowest BCUT2D eigenvalue weighted by Crippen LogP contribution is -2.15. The van der Waals surface area contributed by atoms with Crippen LogP contribution in [-0.2, 0) is 28.6 Å². The van der Waals surface area contributed by atoms with Crippen molar-refractivity contribution in [3.8, 4) is 0 Å². The Morgan fingerprint density at radius 1 is 0.556 bits per heavy atom. The molecule has 0 saturated heterocycles. The van der Waals surface area contributed by atoms with E-state index in [0.29, 0.717) is 0 Å². The van der Waals surface area contributed by atoms with Gasteiger partial charge in [0.2, 0.25) is 0 Å². The highest BCUT2D eigenvalue weighted by atomic mass is 35.5. The van der Waals surface area contributed by atoms with Crippen LogP contribution in [0.1, 0.15) is 0 Å². The maximum absolute atomic E-state index is 12.2. The van der Waals surface area contributed by atoms with Crippen LogP contribution >= 0.6 is 69.6 Å². The van der Waals surface area contributed by atoms with E-state index in [2.05, 4.69) is 8.37 Å². The van der Waals surface area contributed by atoms with Gasteiger partial charge in [-0.2, -0.15) is 16.8 Å². The molecule has 0 aliphatic carbocycles. The summed E-state index contributed by atoms with van der Waals surface area (Å²) in [5, 5.41) is -0.708. The molecule has 0 unspecified atom stereocenters. The molecule has 0 radical (unpaired) electrons. The van der Waals surface area contributed by atoms with Crippen molar-refractivity contribution in [3.05, 3.63) is 54.4 Å².